The third-order valence-corrected chi connectivity index (χ3v) is 22.0. The Bertz CT molecular complexity index is 4450. The summed E-state index contributed by atoms with van der Waals surface area (Å²) in [7, 11) is -10.4. The van der Waals surface area contributed by atoms with Crippen LogP contribution in [0.1, 0.15) is 71.2 Å². The number of hydrogen-bond donors (Lipinski definition) is 4. The number of sulfonamides is 3. The van der Waals surface area contributed by atoms with Gasteiger partial charge in [-0.05, 0) is 173 Å². The number of carboxylic acids is 1. The van der Waals surface area contributed by atoms with Crippen molar-refractivity contribution < 1.29 is 176 Å². The maximum atomic E-state index is 12.6. The zero-order valence-corrected chi connectivity index (χ0v) is 65.2. The first-order valence-corrected chi connectivity index (χ1v) is 35.2. The second-order valence-electron chi connectivity index (χ2n) is 17.1. The van der Waals surface area contributed by atoms with Gasteiger partial charge >= 0.3 is 102 Å². The molecular formula is C54H41Br4F12N5Na2O14S7. The molecule has 7 aromatic rings. The molecule has 0 aliphatic carbocycles. The molecule has 0 bridgehead atoms. The molecule has 0 spiro atoms. The van der Waals surface area contributed by atoms with E-state index in [-0.39, 0.29) is 113 Å². The molecule has 0 saturated carbocycles. The van der Waals surface area contributed by atoms with Gasteiger partial charge in [0, 0.05) is 29.7 Å². The van der Waals surface area contributed by atoms with Crippen molar-refractivity contribution in [1.29, 1.82) is 5.26 Å². The predicted octanol–water partition coefficient (Wildman–Crippen LogP) is 9.96. The van der Waals surface area contributed by atoms with Gasteiger partial charge in [-0.2, -0.15) is 76.7 Å². The molecule has 44 heteroatoms. The van der Waals surface area contributed by atoms with Crippen LogP contribution in [0, 0.1) is 18.3 Å². The average Bonchev–Trinajstić information content (AvgIpc) is 1.17. The Balaban J connectivity index is 0.00000121. The van der Waals surface area contributed by atoms with Gasteiger partial charge in [0.05, 0.1) is 65.3 Å². The van der Waals surface area contributed by atoms with Crippen molar-refractivity contribution in [2.75, 3.05) is 29.4 Å². The van der Waals surface area contributed by atoms with E-state index in [1.807, 2.05) is 0 Å². The zero-order chi connectivity index (χ0) is 72.6. The smallest absolute Gasteiger partial charge is 0.883 e. The van der Waals surface area contributed by atoms with Crippen LogP contribution in [0.4, 0.5) is 69.7 Å². The van der Waals surface area contributed by atoms with Crippen LogP contribution >= 0.6 is 109 Å². The molecule has 4 heterocycles. The number of thiophene rings is 3. The number of aromatic carboxylic acids is 1. The number of ether oxygens (including phenoxy) is 2. The first kappa shape index (κ1) is 93.3. The quantitative estimate of drug-likeness (QED) is 0.0405. The number of carbonyl (C=O) groups excluding carboxylic acids is 2. The molecular weight excluding hydrogens is 1760 g/mol. The number of esters is 2. The van der Waals surface area contributed by atoms with E-state index in [2.05, 4.69) is 87.0 Å². The molecule has 0 radical (unpaired) electrons. The number of halogens is 16. The molecule has 0 unspecified atom stereocenters. The van der Waals surface area contributed by atoms with Crippen LogP contribution in [-0.4, -0.2) is 68.2 Å². The van der Waals surface area contributed by atoms with Crippen LogP contribution in [-0.2, 0) is 64.2 Å². The van der Waals surface area contributed by atoms with Crippen molar-refractivity contribution in [3.63, 3.8) is 0 Å². The fourth-order valence-electron chi connectivity index (χ4n) is 6.32. The van der Waals surface area contributed by atoms with Crippen molar-refractivity contribution in [2.24, 2.45) is 4.40 Å². The van der Waals surface area contributed by atoms with E-state index in [0.29, 0.717) is 51.4 Å². The summed E-state index contributed by atoms with van der Waals surface area (Å²) in [5.41, 5.74) is 2.53. The SMILES string of the molecule is C.CC#N.COC(=O)c1sccc1N.COC(=O)c1sccc1NS(=O)(=O)c1ccc(C(F)(F)F)cc1Br.Cc1ccc(C(F)(F)F)cc1Br.O=C(O)c1sccc1NS(=O)(=O)c1ccc(C(F)(F)F)cc1Br.O=S(=O)(N=C1C=CSC1=C([O-])[O-])c1ccc(C(F)(F)F)cc1Br.[Na+].[Na+]. The normalized spacial score (nSPS) is 12.3. The molecule has 0 amide bonds. The molecule has 8 rings (SSSR count). The van der Waals surface area contributed by atoms with E-state index in [1.165, 1.54) is 59.7 Å². The Morgan fingerprint density at radius 2 is 0.918 bits per heavy atom. The minimum atomic E-state index is -4.63. The van der Waals surface area contributed by atoms with Gasteiger partial charge in [0.2, 0.25) is 0 Å². The largest absolute Gasteiger partial charge is 1.00 e. The van der Waals surface area contributed by atoms with Gasteiger partial charge in [0.25, 0.3) is 30.1 Å². The maximum Gasteiger partial charge on any atom is 1.00 e. The number of carboxylic acid groups (broad SMARTS) is 1. The van der Waals surface area contributed by atoms with Gasteiger partial charge in [-0.15, -0.1) is 34.0 Å². The predicted molar refractivity (Wildman–Crippen MR) is 346 cm³/mol. The topological polar surface area (TPSA) is 325 Å². The molecule has 0 atom stereocenters. The van der Waals surface area contributed by atoms with Crippen molar-refractivity contribution in [2.45, 2.75) is 60.7 Å². The molecule has 3 aromatic heterocycles. The first-order chi connectivity index (χ1) is 43.7. The minimum Gasteiger partial charge on any atom is -0.883 e. The first-order valence-electron chi connectivity index (χ1n) is 24.1. The van der Waals surface area contributed by atoms with E-state index in [9.17, 15) is 103 Å². The number of carbonyl (C=O) groups is 3. The van der Waals surface area contributed by atoms with Crippen molar-refractivity contribution in [3.8, 4) is 6.07 Å². The molecule has 19 nitrogen and oxygen atoms in total. The van der Waals surface area contributed by atoms with Crippen LogP contribution in [0.15, 0.2) is 166 Å². The number of nitriles is 1. The number of allylic oxidation sites excluding steroid dienone is 2. The number of nitrogens with zero attached hydrogens (tertiary/aromatic N) is 2. The Kier molecular flexibility index (Phi) is 37.8. The summed E-state index contributed by atoms with van der Waals surface area (Å²) in [6.07, 6.45) is -16.9. The summed E-state index contributed by atoms with van der Waals surface area (Å²) in [4.78, 5) is 31.9. The number of rotatable bonds is 11. The standard InChI is InChI=1S/C13H9BrF3NO4S2.2C12H7BrF3NO4S2.C8H6BrF3.C6H7NO2S.C2H3N.CH4.2Na/c1-22-12(19)11-9(4-5-23-11)18-24(20,21)10-3-2-7(6-8(10)14)13(15,16)17;2*13-7-5-6(12(14,15)16)1-2-9(7)23(20,21)17-8-3-4-22-10(8)11(18)19;1-5-2-3-6(4-7(5)9)8(10,11)12;1-9-6(8)5-4(7)2-3-10-5;1-2-3;;;/h2-6,18H,1H3;1-5,18-19H;1-5,17H,(H,18,19);2-4H,1H3;2-3H,7H2,1H3;1H3;1H4;;/q;;;;;;;2*+1/p-2. The summed E-state index contributed by atoms with van der Waals surface area (Å²) >= 11 is 15.2. The molecule has 522 valence electrons. The molecule has 5 N–H and O–H groups in total. The third kappa shape index (κ3) is 27.6. The fraction of sp³-hybridized carbons (Fsp3) is 0.167. The molecule has 0 saturated heterocycles. The number of hydrogen-bond acceptors (Lipinski definition) is 19. The monoisotopic (exact) mass is 1800 g/mol. The molecule has 1 aliphatic heterocycles. The Labute approximate surface area is 644 Å². The molecule has 1 aliphatic rings. The number of nitrogen functional groups attached to an aromatic ring is 1. The number of methoxy groups -OCH3 is 2. The van der Waals surface area contributed by atoms with Crippen LogP contribution < -0.4 is 84.5 Å². The van der Waals surface area contributed by atoms with E-state index in [1.54, 1.807) is 24.4 Å². The Hall–Kier alpha value is -4.69. The number of aryl methyl sites for hydroxylation is 1. The van der Waals surface area contributed by atoms with Gasteiger partial charge in [-0.3, -0.25) is 9.44 Å². The molecule has 0 fully saturated rings. The van der Waals surface area contributed by atoms with E-state index >= 15 is 0 Å². The summed E-state index contributed by atoms with van der Waals surface area (Å²) < 4.78 is 239. The minimum absolute atomic E-state index is 0. The fourth-order valence-corrected chi connectivity index (χ4v) is 16.1. The van der Waals surface area contributed by atoms with Gasteiger partial charge in [-0.25, -0.2) is 31.2 Å². The Morgan fingerprint density at radius 3 is 1.26 bits per heavy atom. The van der Waals surface area contributed by atoms with Crippen molar-refractivity contribution in [3.05, 3.63) is 190 Å². The van der Waals surface area contributed by atoms with Crippen LogP contribution in [0.2, 0.25) is 0 Å². The summed E-state index contributed by atoms with van der Waals surface area (Å²) in [6.45, 7) is 3.17. The van der Waals surface area contributed by atoms with Crippen LogP contribution in [0.5, 0.6) is 0 Å². The number of alkyl halides is 12. The summed E-state index contributed by atoms with van der Waals surface area (Å²) in [6, 6.07) is 15.8. The number of benzene rings is 4. The average molecular weight is 1800 g/mol. The van der Waals surface area contributed by atoms with Crippen molar-refractivity contribution >= 4 is 180 Å². The number of nitrogens with two attached hydrogens (primary N) is 1. The van der Waals surface area contributed by atoms with Gasteiger partial charge in [-0.1, -0.05) is 41.2 Å². The molecule has 4 aromatic carbocycles. The van der Waals surface area contributed by atoms with E-state index < -0.39 is 115 Å². The van der Waals surface area contributed by atoms with Gasteiger partial charge in [0.1, 0.15) is 29.3 Å². The summed E-state index contributed by atoms with van der Waals surface area (Å²) in [5, 5.41) is 43.9. The number of nitrogens with one attached hydrogen (secondary N) is 2. The zero-order valence-electron chi connectivity index (χ0n) is 49.2. The van der Waals surface area contributed by atoms with Gasteiger partial charge < -0.3 is 30.5 Å². The Morgan fingerprint density at radius 1 is 0.582 bits per heavy atom. The second-order valence-corrected chi connectivity index (χ2v) is 29.1. The van der Waals surface area contributed by atoms with Crippen LogP contribution in [0.3, 0.4) is 0 Å². The van der Waals surface area contributed by atoms with Gasteiger partial charge in [0.15, 0.2) is 0 Å². The maximum absolute atomic E-state index is 12.6. The number of thioether (sulfide) groups is 1. The number of anilines is 3. The van der Waals surface area contributed by atoms with Crippen molar-refractivity contribution in [1.82, 2.24) is 0 Å². The van der Waals surface area contributed by atoms with E-state index in [0.717, 1.165) is 83.5 Å². The third-order valence-electron chi connectivity index (χ3n) is 10.6. The van der Waals surface area contributed by atoms with E-state index in [4.69, 9.17) is 16.1 Å². The molecule has 98 heavy (non-hydrogen) atoms. The van der Waals surface area contributed by atoms with Crippen LogP contribution in [0.25, 0.3) is 0 Å². The second kappa shape index (κ2) is 39.7. The summed E-state index contributed by atoms with van der Waals surface area (Å²) in [5.74, 6) is -4.01.